The quantitative estimate of drug-likeness (QED) is 0.591. The van der Waals surface area contributed by atoms with E-state index in [2.05, 4.69) is 15.9 Å². The van der Waals surface area contributed by atoms with Crippen LogP contribution >= 0.6 is 27.5 Å². The van der Waals surface area contributed by atoms with Crippen LogP contribution in [0.2, 0.25) is 5.02 Å². The molecular weight excluding hydrogens is 318 g/mol. The van der Waals surface area contributed by atoms with E-state index < -0.39 is 0 Å². The normalized spacial score (nSPS) is 10.4. The number of carbonyl (C=O) groups excluding carboxylic acids is 1. The summed E-state index contributed by atoms with van der Waals surface area (Å²) in [6.45, 7) is 3.61. The maximum Gasteiger partial charge on any atom is 0.253 e. The van der Waals surface area contributed by atoms with Gasteiger partial charge in [-0.1, -0.05) is 33.6 Å². The van der Waals surface area contributed by atoms with Gasteiger partial charge in [-0.05, 0) is 24.6 Å². The van der Waals surface area contributed by atoms with E-state index in [-0.39, 0.29) is 5.91 Å². The number of hydrogen-bond acceptors (Lipinski definition) is 2. The van der Waals surface area contributed by atoms with Gasteiger partial charge < -0.3 is 9.64 Å². The van der Waals surface area contributed by atoms with Crippen molar-refractivity contribution < 1.29 is 9.53 Å². The first kappa shape index (κ1) is 15.5. The number of carbonyl (C=O) groups is 1. The van der Waals surface area contributed by atoms with Crippen molar-refractivity contribution in [2.45, 2.75) is 6.92 Å². The molecule has 0 spiro atoms. The molecule has 0 saturated carbocycles. The number of hydrogen-bond donors (Lipinski definition) is 0. The lowest BCUT2D eigenvalue weighted by atomic mass is 10.1. The van der Waals surface area contributed by atoms with Crippen molar-refractivity contribution in [3.05, 3.63) is 34.3 Å². The molecule has 0 bridgehead atoms. The summed E-state index contributed by atoms with van der Waals surface area (Å²) in [5.41, 5.74) is 1.46. The highest BCUT2D eigenvalue weighted by Gasteiger charge is 2.14. The first-order chi connectivity index (χ1) is 8.57. The molecule has 1 amide bonds. The average Bonchev–Trinajstić information content (AvgIpc) is 2.37. The van der Waals surface area contributed by atoms with Gasteiger partial charge in [0.15, 0.2) is 0 Å². The molecule has 0 aromatic heterocycles. The fraction of sp³-hybridized carbons (Fsp3) is 0.462. The van der Waals surface area contributed by atoms with Gasteiger partial charge in [0, 0.05) is 29.5 Å². The van der Waals surface area contributed by atoms with Gasteiger partial charge in [-0.15, -0.1) is 0 Å². The Hall–Kier alpha value is -0.580. The number of benzene rings is 1. The van der Waals surface area contributed by atoms with Crippen molar-refractivity contribution in [3.8, 4) is 0 Å². The van der Waals surface area contributed by atoms with Crippen LogP contribution in [0.5, 0.6) is 0 Å². The molecule has 0 aliphatic rings. The molecule has 3 nitrogen and oxygen atoms in total. The summed E-state index contributed by atoms with van der Waals surface area (Å²) < 4.78 is 5.33. The number of rotatable bonds is 6. The van der Waals surface area contributed by atoms with Crippen LogP contribution in [0.4, 0.5) is 0 Å². The number of likely N-dealkylation sites (N-methyl/N-ethyl adjacent to an activating group) is 1. The van der Waals surface area contributed by atoms with E-state index in [0.717, 1.165) is 10.9 Å². The summed E-state index contributed by atoms with van der Waals surface area (Å²) in [7, 11) is 1.76. The predicted octanol–water partition coefficient (Wildman–Crippen LogP) is 3.13. The van der Waals surface area contributed by atoms with E-state index in [0.29, 0.717) is 30.3 Å². The van der Waals surface area contributed by atoms with E-state index in [9.17, 15) is 4.79 Å². The van der Waals surface area contributed by atoms with Gasteiger partial charge in [-0.25, -0.2) is 0 Å². The minimum Gasteiger partial charge on any atom is -0.379 e. The van der Waals surface area contributed by atoms with Crippen LogP contribution in [0.1, 0.15) is 15.9 Å². The summed E-state index contributed by atoms with van der Waals surface area (Å²) in [5.74, 6) is -0.0301. The molecule has 0 heterocycles. The standard InChI is InChI=1S/C13H17BrClNO2/c1-10-11(4-3-5-12(10)15)13(17)16(2)7-9-18-8-6-14/h3-5H,6-9H2,1-2H3. The number of halogens is 2. The highest BCUT2D eigenvalue weighted by atomic mass is 79.9. The minimum atomic E-state index is -0.0301. The number of alkyl halides is 1. The van der Waals surface area contributed by atoms with Gasteiger partial charge in [-0.3, -0.25) is 4.79 Å². The SMILES string of the molecule is Cc1c(Cl)cccc1C(=O)N(C)CCOCCBr. The first-order valence-electron chi connectivity index (χ1n) is 5.72. The summed E-state index contributed by atoms with van der Waals surface area (Å²) in [5, 5.41) is 1.42. The second-order valence-corrected chi connectivity index (χ2v) is 5.14. The molecule has 5 heteroatoms. The van der Waals surface area contributed by atoms with Crippen LogP contribution in [-0.2, 0) is 4.74 Å². The maximum atomic E-state index is 12.2. The first-order valence-corrected chi connectivity index (χ1v) is 7.22. The van der Waals surface area contributed by atoms with Crippen LogP contribution < -0.4 is 0 Å². The Bertz CT molecular complexity index is 412. The molecule has 0 saturated heterocycles. The predicted molar refractivity (Wildman–Crippen MR) is 77.8 cm³/mol. The van der Waals surface area contributed by atoms with Gasteiger partial charge in [0.25, 0.3) is 5.91 Å². The molecule has 0 atom stereocenters. The van der Waals surface area contributed by atoms with E-state index in [4.69, 9.17) is 16.3 Å². The third-order valence-corrected chi connectivity index (χ3v) is 3.37. The highest BCUT2D eigenvalue weighted by molar-refractivity contribution is 9.09. The summed E-state index contributed by atoms with van der Waals surface area (Å²) >= 11 is 9.29. The molecular formula is C13H17BrClNO2. The highest BCUT2D eigenvalue weighted by Crippen LogP contribution is 2.19. The van der Waals surface area contributed by atoms with Gasteiger partial charge in [0.2, 0.25) is 0 Å². The Labute approximate surface area is 121 Å². The summed E-state index contributed by atoms with van der Waals surface area (Å²) in [4.78, 5) is 13.8. The molecule has 0 fully saturated rings. The van der Waals surface area contributed by atoms with Gasteiger partial charge >= 0.3 is 0 Å². The van der Waals surface area contributed by atoms with Crippen LogP contribution in [0.3, 0.4) is 0 Å². The van der Waals surface area contributed by atoms with E-state index in [1.54, 1.807) is 30.1 Å². The molecule has 0 radical (unpaired) electrons. The topological polar surface area (TPSA) is 29.5 Å². The lowest BCUT2D eigenvalue weighted by molar-refractivity contribution is 0.0712. The van der Waals surface area contributed by atoms with Gasteiger partial charge in [-0.2, -0.15) is 0 Å². The smallest absolute Gasteiger partial charge is 0.253 e. The van der Waals surface area contributed by atoms with Gasteiger partial charge in [0.1, 0.15) is 0 Å². The van der Waals surface area contributed by atoms with E-state index >= 15 is 0 Å². The molecule has 0 unspecified atom stereocenters. The molecule has 0 N–H and O–H groups in total. The lowest BCUT2D eigenvalue weighted by Gasteiger charge is -2.18. The average molecular weight is 335 g/mol. The van der Waals surface area contributed by atoms with Crippen LogP contribution in [0.15, 0.2) is 18.2 Å². The molecule has 0 aliphatic heterocycles. The van der Waals surface area contributed by atoms with Gasteiger partial charge in [0.05, 0.1) is 13.2 Å². The Morgan fingerprint density at radius 3 is 2.83 bits per heavy atom. The van der Waals surface area contributed by atoms with Crippen molar-refractivity contribution in [1.82, 2.24) is 4.90 Å². The zero-order valence-corrected chi connectivity index (χ0v) is 12.9. The fourth-order valence-corrected chi connectivity index (χ4v) is 1.91. The number of nitrogens with zero attached hydrogens (tertiary/aromatic N) is 1. The van der Waals surface area contributed by atoms with Crippen LogP contribution in [0.25, 0.3) is 0 Å². The van der Waals surface area contributed by atoms with Crippen molar-refractivity contribution in [3.63, 3.8) is 0 Å². The number of amides is 1. The Morgan fingerprint density at radius 1 is 1.44 bits per heavy atom. The third-order valence-electron chi connectivity index (χ3n) is 2.64. The largest absolute Gasteiger partial charge is 0.379 e. The molecule has 1 rings (SSSR count). The monoisotopic (exact) mass is 333 g/mol. The Morgan fingerprint density at radius 2 is 2.17 bits per heavy atom. The molecule has 100 valence electrons. The lowest BCUT2D eigenvalue weighted by Crippen LogP contribution is -2.30. The maximum absolute atomic E-state index is 12.2. The van der Waals surface area contributed by atoms with Crippen molar-refractivity contribution in [1.29, 1.82) is 0 Å². The number of ether oxygens (including phenoxy) is 1. The molecule has 0 aliphatic carbocycles. The van der Waals surface area contributed by atoms with Crippen molar-refractivity contribution in [2.24, 2.45) is 0 Å². The van der Waals surface area contributed by atoms with Crippen molar-refractivity contribution in [2.75, 3.05) is 32.1 Å². The molecule has 1 aromatic rings. The zero-order chi connectivity index (χ0) is 13.5. The second-order valence-electron chi connectivity index (χ2n) is 3.94. The van der Waals surface area contributed by atoms with Crippen molar-refractivity contribution >= 4 is 33.4 Å². The van der Waals surface area contributed by atoms with Crippen LogP contribution in [0, 0.1) is 6.92 Å². The minimum absolute atomic E-state index is 0.0301. The Kier molecular flexibility index (Phi) is 6.68. The summed E-state index contributed by atoms with van der Waals surface area (Å²) in [6, 6.07) is 5.36. The molecule has 1 aromatic carbocycles. The zero-order valence-electron chi connectivity index (χ0n) is 10.6. The van der Waals surface area contributed by atoms with E-state index in [1.807, 2.05) is 6.92 Å². The van der Waals surface area contributed by atoms with E-state index in [1.165, 1.54) is 0 Å². The molecule has 18 heavy (non-hydrogen) atoms. The Balaban J connectivity index is 2.60. The second kappa shape index (κ2) is 7.77. The third kappa shape index (κ3) is 4.26. The van der Waals surface area contributed by atoms with Crippen LogP contribution in [-0.4, -0.2) is 42.9 Å². The fourth-order valence-electron chi connectivity index (χ4n) is 1.50. The summed E-state index contributed by atoms with van der Waals surface area (Å²) in [6.07, 6.45) is 0.